The Morgan fingerprint density at radius 1 is 0.941 bits per heavy atom. The van der Waals surface area contributed by atoms with Gasteiger partial charge >= 0.3 is 5.97 Å². The fraction of sp³-hybridized carbons (Fsp3) is 0.395. The van der Waals surface area contributed by atoms with Crippen LogP contribution in [0.3, 0.4) is 0 Å². The van der Waals surface area contributed by atoms with Crippen molar-refractivity contribution in [1.82, 2.24) is 19.4 Å². The van der Waals surface area contributed by atoms with Crippen LogP contribution >= 0.6 is 0 Å². The lowest BCUT2D eigenvalue weighted by Gasteiger charge is -2.40. The van der Waals surface area contributed by atoms with Crippen LogP contribution in [-0.2, 0) is 48.7 Å². The van der Waals surface area contributed by atoms with E-state index >= 15 is 4.39 Å². The molecule has 2 aliphatic carbocycles. The Morgan fingerprint density at radius 3 is 2.41 bits per heavy atom. The normalized spacial score (nSPS) is 20.5. The van der Waals surface area contributed by atoms with Crippen molar-refractivity contribution < 1.29 is 32.5 Å². The van der Waals surface area contributed by atoms with Crippen LogP contribution in [0.5, 0.6) is 0 Å². The molecular formula is C38H40FN5O6S. The topological polar surface area (TPSA) is 140 Å². The second-order valence-electron chi connectivity index (χ2n) is 13.6. The predicted molar refractivity (Wildman–Crippen MR) is 189 cm³/mol. The summed E-state index contributed by atoms with van der Waals surface area (Å²) in [7, 11) is -1.42. The van der Waals surface area contributed by atoms with Crippen LogP contribution < -0.4 is 10.0 Å². The van der Waals surface area contributed by atoms with Crippen LogP contribution in [0.1, 0.15) is 72.9 Å². The smallest absolute Gasteiger partial charge is 0.328 e. The molecule has 7 rings (SSSR count). The number of likely N-dealkylation sites (tertiary alicyclic amines) is 1. The van der Waals surface area contributed by atoms with Crippen molar-refractivity contribution in [3.05, 3.63) is 95.7 Å². The van der Waals surface area contributed by atoms with Crippen LogP contribution in [0.2, 0.25) is 0 Å². The van der Waals surface area contributed by atoms with Crippen LogP contribution in [0.25, 0.3) is 10.9 Å². The third-order valence-corrected chi connectivity index (χ3v) is 11.6. The van der Waals surface area contributed by atoms with E-state index in [1.54, 1.807) is 48.7 Å². The molecule has 3 amide bonds. The molecule has 2 N–H and O–H groups in total. The number of amides is 3. The Labute approximate surface area is 297 Å². The molecule has 2 heterocycles. The minimum absolute atomic E-state index is 0.00746. The van der Waals surface area contributed by atoms with Crippen LogP contribution in [0.15, 0.2) is 79.0 Å². The molecule has 4 aromatic rings. The number of halogens is 1. The van der Waals surface area contributed by atoms with Gasteiger partial charge in [-0.2, -0.15) is 5.10 Å². The summed E-state index contributed by atoms with van der Waals surface area (Å²) < 4.78 is 36.8. The number of benzene rings is 3. The molecular weight excluding hydrogens is 674 g/mol. The van der Waals surface area contributed by atoms with Gasteiger partial charge in [0, 0.05) is 17.4 Å². The second kappa shape index (κ2) is 14.7. The first-order valence-electron chi connectivity index (χ1n) is 17.4. The number of aromatic nitrogens is 2. The molecule has 0 bridgehead atoms. The Morgan fingerprint density at radius 2 is 1.69 bits per heavy atom. The molecule has 266 valence electrons. The monoisotopic (exact) mass is 713 g/mol. The number of rotatable bonds is 11. The molecule has 0 radical (unpaired) electrons. The fourth-order valence-corrected chi connectivity index (χ4v) is 8.26. The molecule has 3 aromatic carbocycles. The summed E-state index contributed by atoms with van der Waals surface area (Å²) in [4.78, 5) is 55.1. The summed E-state index contributed by atoms with van der Waals surface area (Å²) in [6.07, 6.45) is 5.34. The van der Waals surface area contributed by atoms with E-state index in [0.29, 0.717) is 40.6 Å². The highest BCUT2D eigenvalue weighted by atomic mass is 32.2. The molecule has 1 aromatic heterocycles. The number of carbonyl (C=O) groups excluding carboxylic acids is 4. The molecule has 1 unspecified atom stereocenters. The number of ether oxygens (including phenoxy) is 1. The van der Waals surface area contributed by atoms with Gasteiger partial charge in [0.1, 0.15) is 36.4 Å². The van der Waals surface area contributed by atoms with E-state index in [9.17, 15) is 23.4 Å². The first kappa shape index (κ1) is 34.5. The highest BCUT2D eigenvalue weighted by Crippen LogP contribution is 2.43. The van der Waals surface area contributed by atoms with Gasteiger partial charge in [-0.15, -0.1) is 0 Å². The minimum atomic E-state index is -1.42. The lowest BCUT2D eigenvalue weighted by molar-refractivity contribution is -0.145. The largest absolute Gasteiger partial charge is 0.459 e. The number of anilines is 1. The highest BCUT2D eigenvalue weighted by molar-refractivity contribution is 7.84. The van der Waals surface area contributed by atoms with Gasteiger partial charge in [-0.25, -0.2) is 8.60 Å². The van der Waals surface area contributed by atoms with Gasteiger partial charge in [0.2, 0.25) is 11.8 Å². The number of nitrogens with one attached hydrogen (secondary N) is 2. The molecule has 3 fully saturated rings. The Bertz CT molecular complexity index is 1960. The van der Waals surface area contributed by atoms with E-state index in [1.807, 2.05) is 30.3 Å². The third-order valence-electron chi connectivity index (χ3n) is 10.1. The number of esters is 1. The zero-order chi connectivity index (χ0) is 35.5. The summed E-state index contributed by atoms with van der Waals surface area (Å²) in [6, 6.07) is 20.3. The van der Waals surface area contributed by atoms with Crippen molar-refractivity contribution in [3.8, 4) is 0 Å². The minimum Gasteiger partial charge on any atom is -0.459 e. The maximum Gasteiger partial charge on any atom is 0.328 e. The summed E-state index contributed by atoms with van der Waals surface area (Å²) in [5.74, 6) is -1.70. The van der Waals surface area contributed by atoms with Crippen molar-refractivity contribution in [2.45, 2.75) is 87.4 Å². The Balaban J connectivity index is 1.06. The number of carbonyl (C=O) groups is 4. The number of alkyl halides is 1. The summed E-state index contributed by atoms with van der Waals surface area (Å²) in [6.45, 7) is -0.186. The van der Waals surface area contributed by atoms with Gasteiger partial charge in [-0.3, -0.25) is 28.6 Å². The van der Waals surface area contributed by atoms with E-state index in [-0.39, 0.29) is 37.3 Å². The maximum absolute atomic E-state index is 15.1. The average Bonchev–Trinajstić information content (AvgIpc) is 3.82. The Hall–Kier alpha value is -4.91. The van der Waals surface area contributed by atoms with Gasteiger partial charge in [-0.1, -0.05) is 67.8 Å². The zero-order valence-electron chi connectivity index (χ0n) is 28.1. The number of hydrogen-bond acceptors (Lipinski definition) is 7. The number of hydrogen-bond donors (Lipinski definition) is 2. The van der Waals surface area contributed by atoms with Gasteiger partial charge in [0.15, 0.2) is 0 Å². The maximum atomic E-state index is 15.1. The average molecular weight is 714 g/mol. The van der Waals surface area contributed by atoms with Gasteiger partial charge in [0.25, 0.3) is 5.91 Å². The summed E-state index contributed by atoms with van der Waals surface area (Å²) >= 11 is 0. The standard InChI is InChI=1S/C38H40FN5O6S/c39-28-20-33(36(47)41-31-10-7-11-32-30(31)21-40-44(32)23-34(45)50-24-25-8-3-1-4-9-25)43(22-28)37(48)38(18-5-2-6-19-38)27-14-12-26(13-15-27)35(46)42-51(49)29-16-17-29/h1,3-4,7-15,21,28-29,33H,2,5-6,16-20,22-24H2,(H,41,47)(H,42,46)/t28-,33-,51?/m1/s1. The van der Waals surface area contributed by atoms with E-state index < -0.39 is 46.4 Å². The van der Waals surface area contributed by atoms with Gasteiger partial charge in [-0.05, 0) is 61.1 Å². The molecule has 2 saturated carbocycles. The lowest BCUT2D eigenvalue weighted by Crippen LogP contribution is -2.52. The molecule has 1 aliphatic heterocycles. The second-order valence-corrected chi connectivity index (χ2v) is 15.1. The fourth-order valence-electron chi connectivity index (χ4n) is 7.23. The first-order valence-corrected chi connectivity index (χ1v) is 18.7. The molecule has 13 heteroatoms. The van der Waals surface area contributed by atoms with E-state index in [1.165, 1.54) is 9.58 Å². The van der Waals surface area contributed by atoms with Crippen molar-refractivity contribution in [1.29, 1.82) is 0 Å². The van der Waals surface area contributed by atoms with Crippen LogP contribution in [-0.4, -0.2) is 66.6 Å². The molecule has 3 atom stereocenters. The SMILES string of the molecule is O=C(Cn1ncc2c(NC(=O)[C@H]3C[C@@H](F)CN3C(=O)C3(c4ccc(C(=O)NS(=O)C5CC5)cc4)CCCCC3)cccc21)OCc1ccccc1. The number of fused-ring (bicyclic) bond motifs is 1. The molecule has 3 aliphatic rings. The van der Waals surface area contributed by atoms with Crippen molar-refractivity contribution in [2.24, 2.45) is 0 Å². The summed E-state index contributed by atoms with van der Waals surface area (Å²) in [5, 5.41) is 7.86. The summed E-state index contributed by atoms with van der Waals surface area (Å²) in [5.41, 5.74) is 1.99. The first-order chi connectivity index (χ1) is 24.7. The third kappa shape index (κ3) is 7.44. The van der Waals surface area contributed by atoms with Gasteiger partial charge < -0.3 is 15.0 Å². The van der Waals surface area contributed by atoms with E-state index in [2.05, 4.69) is 15.1 Å². The Kier molecular flexibility index (Phi) is 9.99. The van der Waals surface area contributed by atoms with Crippen LogP contribution in [0, 0.1) is 0 Å². The number of nitrogens with zero attached hydrogens (tertiary/aromatic N) is 3. The van der Waals surface area contributed by atoms with Crippen molar-refractivity contribution in [2.75, 3.05) is 11.9 Å². The molecule has 11 nitrogen and oxygen atoms in total. The zero-order valence-corrected chi connectivity index (χ0v) is 28.9. The molecule has 51 heavy (non-hydrogen) atoms. The predicted octanol–water partition coefficient (Wildman–Crippen LogP) is 5.12. The highest BCUT2D eigenvalue weighted by Gasteiger charge is 2.49. The van der Waals surface area contributed by atoms with E-state index in [4.69, 9.17) is 4.74 Å². The van der Waals surface area contributed by atoms with Crippen molar-refractivity contribution >= 4 is 51.3 Å². The van der Waals surface area contributed by atoms with Gasteiger partial charge in [0.05, 0.1) is 34.6 Å². The van der Waals surface area contributed by atoms with Crippen molar-refractivity contribution in [3.63, 3.8) is 0 Å². The molecule has 0 spiro atoms. The quantitative estimate of drug-likeness (QED) is 0.206. The van der Waals surface area contributed by atoms with E-state index in [0.717, 1.165) is 37.7 Å². The molecule has 1 saturated heterocycles. The van der Waals surface area contributed by atoms with Crippen LogP contribution in [0.4, 0.5) is 10.1 Å². The lowest BCUT2D eigenvalue weighted by atomic mass is 9.68.